The standard InChI is InChI=1S/C11H13F2NO4S/c1-6(10(16)17)5-14(2)9(15)8-7(3-4-19-8)18-11(12)13/h3-4,6,11H,5H2,1-2H3,(H,16,17). The van der Waals surface area contributed by atoms with Gasteiger partial charge in [0, 0.05) is 13.6 Å². The molecule has 0 spiro atoms. The van der Waals surface area contributed by atoms with Gasteiger partial charge in [-0.15, -0.1) is 11.3 Å². The number of aliphatic carboxylic acids is 1. The van der Waals surface area contributed by atoms with Crippen LogP contribution in [0.25, 0.3) is 0 Å². The maximum Gasteiger partial charge on any atom is 0.387 e. The number of hydrogen-bond acceptors (Lipinski definition) is 4. The molecule has 0 bridgehead atoms. The van der Waals surface area contributed by atoms with E-state index >= 15 is 0 Å². The highest BCUT2D eigenvalue weighted by molar-refractivity contribution is 7.12. The molecule has 0 fully saturated rings. The molecule has 0 saturated carbocycles. The number of ether oxygens (including phenoxy) is 1. The summed E-state index contributed by atoms with van der Waals surface area (Å²) in [7, 11) is 1.41. The molecule has 0 saturated heterocycles. The lowest BCUT2D eigenvalue weighted by molar-refractivity contribution is -0.141. The Morgan fingerprint density at radius 1 is 1.53 bits per heavy atom. The Morgan fingerprint density at radius 3 is 2.68 bits per heavy atom. The van der Waals surface area contributed by atoms with Crippen LogP contribution < -0.4 is 4.74 Å². The second-order valence-corrected chi connectivity index (χ2v) is 4.83. The lowest BCUT2D eigenvalue weighted by atomic mass is 10.2. The van der Waals surface area contributed by atoms with Crippen LogP contribution in [0.1, 0.15) is 16.6 Å². The number of rotatable bonds is 6. The summed E-state index contributed by atoms with van der Waals surface area (Å²) in [5, 5.41) is 10.2. The number of amides is 1. The predicted octanol–water partition coefficient (Wildman–Crippen LogP) is 2.14. The Labute approximate surface area is 112 Å². The molecule has 5 nitrogen and oxygen atoms in total. The third-order valence-electron chi connectivity index (χ3n) is 2.36. The Bertz CT molecular complexity index is 463. The van der Waals surface area contributed by atoms with Gasteiger partial charge in [-0.2, -0.15) is 8.78 Å². The van der Waals surface area contributed by atoms with Crippen LogP contribution in [0, 0.1) is 5.92 Å². The van der Waals surface area contributed by atoms with E-state index in [0.717, 1.165) is 11.3 Å². The summed E-state index contributed by atoms with van der Waals surface area (Å²) in [5.74, 6) is -2.51. The number of carbonyl (C=O) groups excluding carboxylic acids is 1. The van der Waals surface area contributed by atoms with E-state index in [1.54, 1.807) is 0 Å². The van der Waals surface area contributed by atoms with Gasteiger partial charge in [0.2, 0.25) is 0 Å². The Balaban J connectivity index is 2.77. The molecule has 0 aliphatic heterocycles. The van der Waals surface area contributed by atoms with Crippen LogP contribution in [0.2, 0.25) is 0 Å². The molecule has 0 aliphatic rings. The van der Waals surface area contributed by atoms with E-state index in [2.05, 4.69) is 4.74 Å². The largest absolute Gasteiger partial charge is 0.481 e. The Morgan fingerprint density at radius 2 is 2.16 bits per heavy atom. The highest BCUT2D eigenvalue weighted by Gasteiger charge is 2.23. The minimum atomic E-state index is -3.01. The molecule has 0 radical (unpaired) electrons. The minimum absolute atomic E-state index is 0.0137. The molecule has 1 atom stereocenters. The first kappa shape index (κ1) is 15.4. The van der Waals surface area contributed by atoms with E-state index in [0.29, 0.717) is 0 Å². The molecule has 1 unspecified atom stereocenters. The average Bonchev–Trinajstić information content (AvgIpc) is 2.74. The highest BCUT2D eigenvalue weighted by Crippen LogP contribution is 2.27. The molecule has 0 aliphatic carbocycles. The van der Waals surface area contributed by atoms with Crippen molar-refractivity contribution in [2.45, 2.75) is 13.5 Å². The van der Waals surface area contributed by atoms with Crippen molar-refractivity contribution in [3.8, 4) is 5.75 Å². The summed E-state index contributed by atoms with van der Waals surface area (Å²) in [6.45, 7) is -1.57. The molecule has 106 valence electrons. The van der Waals surface area contributed by atoms with Gasteiger partial charge in [-0.3, -0.25) is 9.59 Å². The number of alkyl halides is 2. The molecule has 1 aromatic heterocycles. The van der Waals surface area contributed by atoms with E-state index in [4.69, 9.17) is 5.11 Å². The van der Waals surface area contributed by atoms with Crippen molar-refractivity contribution in [2.75, 3.05) is 13.6 Å². The number of carbonyl (C=O) groups is 2. The third kappa shape index (κ3) is 4.16. The van der Waals surface area contributed by atoms with Crippen LogP contribution in [0.3, 0.4) is 0 Å². The number of halogens is 2. The van der Waals surface area contributed by atoms with E-state index in [-0.39, 0.29) is 17.2 Å². The van der Waals surface area contributed by atoms with E-state index in [1.165, 1.54) is 30.3 Å². The summed E-state index contributed by atoms with van der Waals surface area (Å²) in [6, 6.07) is 1.28. The quantitative estimate of drug-likeness (QED) is 0.872. The molecule has 19 heavy (non-hydrogen) atoms. The fraction of sp³-hybridized carbons (Fsp3) is 0.455. The predicted molar refractivity (Wildman–Crippen MR) is 64.7 cm³/mol. The first-order valence-electron chi connectivity index (χ1n) is 5.33. The summed E-state index contributed by atoms with van der Waals surface area (Å²) >= 11 is 0.966. The maximum absolute atomic E-state index is 12.1. The molecule has 8 heteroatoms. The van der Waals surface area contributed by atoms with Crippen molar-refractivity contribution in [3.63, 3.8) is 0 Å². The lowest BCUT2D eigenvalue weighted by Crippen LogP contribution is -2.33. The topological polar surface area (TPSA) is 66.8 Å². The zero-order valence-electron chi connectivity index (χ0n) is 10.3. The van der Waals surface area contributed by atoms with Gasteiger partial charge < -0.3 is 14.7 Å². The summed E-state index contributed by atoms with van der Waals surface area (Å²) in [6.07, 6.45) is 0. The number of hydrogen-bond donors (Lipinski definition) is 1. The average molecular weight is 293 g/mol. The molecule has 1 amide bonds. The van der Waals surface area contributed by atoms with Gasteiger partial charge in [0.15, 0.2) is 0 Å². The summed E-state index contributed by atoms with van der Waals surface area (Å²) in [4.78, 5) is 23.9. The number of carboxylic acid groups (broad SMARTS) is 1. The van der Waals surface area contributed by atoms with Crippen LogP contribution in [0.5, 0.6) is 5.75 Å². The smallest absolute Gasteiger partial charge is 0.387 e. The van der Waals surface area contributed by atoms with Gasteiger partial charge in [-0.25, -0.2) is 0 Å². The van der Waals surface area contributed by atoms with Gasteiger partial charge in [0.25, 0.3) is 5.91 Å². The fourth-order valence-corrected chi connectivity index (χ4v) is 2.20. The van der Waals surface area contributed by atoms with E-state index < -0.39 is 24.4 Å². The van der Waals surface area contributed by atoms with E-state index in [1.807, 2.05) is 0 Å². The normalized spacial score (nSPS) is 12.3. The van der Waals surface area contributed by atoms with Crippen LogP contribution in [0.4, 0.5) is 8.78 Å². The van der Waals surface area contributed by atoms with Gasteiger partial charge in [0.05, 0.1) is 5.92 Å². The van der Waals surface area contributed by atoms with Crippen molar-refractivity contribution < 1.29 is 28.2 Å². The minimum Gasteiger partial charge on any atom is -0.481 e. The summed E-state index contributed by atoms with van der Waals surface area (Å²) < 4.78 is 28.5. The highest BCUT2D eigenvalue weighted by atomic mass is 32.1. The maximum atomic E-state index is 12.1. The van der Waals surface area contributed by atoms with Crippen molar-refractivity contribution >= 4 is 23.2 Å². The molecule has 1 heterocycles. The Kier molecular flexibility index (Phi) is 5.22. The first-order chi connectivity index (χ1) is 8.82. The van der Waals surface area contributed by atoms with Gasteiger partial charge in [0.1, 0.15) is 10.6 Å². The van der Waals surface area contributed by atoms with E-state index in [9.17, 15) is 18.4 Å². The second-order valence-electron chi connectivity index (χ2n) is 3.92. The second kappa shape index (κ2) is 6.46. The lowest BCUT2D eigenvalue weighted by Gasteiger charge is -2.19. The van der Waals surface area contributed by atoms with Crippen LogP contribution in [-0.4, -0.2) is 42.1 Å². The Hall–Kier alpha value is -1.70. The number of nitrogens with zero attached hydrogens (tertiary/aromatic N) is 1. The summed E-state index contributed by atoms with van der Waals surface area (Å²) in [5.41, 5.74) is 0. The monoisotopic (exact) mass is 293 g/mol. The number of carboxylic acids is 1. The van der Waals surface area contributed by atoms with Gasteiger partial charge in [-0.1, -0.05) is 6.92 Å². The third-order valence-corrected chi connectivity index (χ3v) is 3.24. The first-order valence-corrected chi connectivity index (χ1v) is 6.21. The van der Waals surface area contributed by atoms with Gasteiger partial charge >= 0.3 is 12.6 Å². The molecular weight excluding hydrogens is 280 g/mol. The fourth-order valence-electron chi connectivity index (χ4n) is 1.39. The van der Waals surface area contributed by atoms with Crippen molar-refractivity contribution in [1.82, 2.24) is 4.90 Å². The number of thiophene rings is 1. The molecule has 0 aromatic carbocycles. The molecule has 1 rings (SSSR count). The van der Waals surface area contributed by atoms with Crippen molar-refractivity contribution in [3.05, 3.63) is 16.3 Å². The molecular formula is C11H13F2NO4S. The zero-order chi connectivity index (χ0) is 14.6. The van der Waals surface area contributed by atoms with Crippen LogP contribution in [0.15, 0.2) is 11.4 Å². The van der Waals surface area contributed by atoms with Crippen LogP contribution >= 0.6 is 11.3 Å². The van der Waals surface area contributed by atoms with Crippen LogP contribution in [-0.2, 0) is 4.79 Å². The SMILES string of the molecule is CC(CN(C)C(=O)c1sccc1OC(F)F)C(=O)O. The molecule has 1 aromatic rings. The van der Waals surface area contributed by atoms with Crippen molar-refractivity contribution in [2.24, 2.45) is 5.92 Å². The molecule has 1 N–H and O–H groups in total. The van der Waals surface area contributed by atoms with Crippen molar-refractivity contribution in [1.29, 1.82) is 0 Å². The van der Waals surface area contributed by atoms with Gasteiger partial charge in [-0.05, 0) is 11.4 Å². The zero-order valence-corrected chi connectivity index (χ0v) is 11.1.